The number of aliphatic imine (C=N–C) groups is 1. The molecule has 6 heteroatoms. The maximum atomic E-state index is 4.48. The van der Waals surface area contributed by atoms with Gasteiger partial charge in [0.05, 0.1) is 0 Å². The Morgan fingerprint density at radius 1 is 1.07 bits per heavy atom. The molecule has 5 rings (SSSR count). The van der Waals surface area contributed by atoms with E-state index in [-0.39, 0.29) is 0 Å². The summed E-state index contributed by atoms with van der Waals surface area (Å²) >= 11 is 0. The third kappa shape index (κ3) is 4.85. The molecule has 4 fully saturated rings. The third-order valence-corrected chi connectivity index (χ3v) is 6.70. The van der Waals surface area contributed by atoms with Crippen molar-refractivity contribution in [2.45, 2.75) is 38.4 Å². The number of piperazine rings is 3. The van der Waals surface area contributed by atoms with Crippen LogP contribution in [0.4, 0.5) is 0 Å². The Labute approximate surface area is 170 Å². The minimum atomic E-state index is 0.520. The third-order valence-electron chi connectivity index (χ3n) is 6.70. The lowest BCUT2D eigenvalue weighted by Crippen LogP contribution is -2.64. The van der Waals surface area contributed by atoms with E-state index in [1.807, 2.05) is 7.05 Å². The predicted octanol–water partition coefficient (Wildman–Crippen LogP) is 1.12. The van der Waals surface area contributed by atoms with Crippen molar-refractivity contribution in [3.8, 4) is 0 Å². The Balaban J connectivity index is 1.20. The molecule has 0 amide bonds. The van der Waals surface area contributed by atoms with Crippen molar-refractivity contribution in [2.75, 3.05) is 59.4 Å². The van der Waals surface area contributed by atoms with E-state index in [0.29, 0.717) is 12.1 Å². The zero-order valence-corrected chi connectivity index (χ0v) is 17.5. The summed E-state index contributed by atoms with van der Waals surface area (Å²) in [6, 6.07) is 9.89. The van der Waals surface area contributed by atoms with Crippen LogP contribution in [-0.2, 0) is 6.54 Å². The van der Waals surface area contributed by atoms with E-state index < -0.39 is 0 Å². The minimum Gasteiger partial charge on any atom is -0.355 e. The number of guanidine groups is 1. The number of nitrogens with one attached hydrogen (secondary N) is 2. The molecule has 4 heterocycles. The van der Waals surface area contributed by atoms with Crippen molar-refractivity contribution in [1.29, 1.82) is 0 Å². The number of nitrogens with zero attached hydrogens (tertiary/aromatic N) is 4. The molecule has 0 radical (unpaired) electrons. The normalized spacial score (nSPS) is 29.1. The van der Waals surface area contributed by atoms with Gasteiger partial charge in [0.25, 0.3) is 0 Å². The highest BCUT2D eigenvalue weighted by Gasteiger charge is 2.31. The van der Waals surface area contributed by atoms with Gasteiger partial charge in [0.15, 0.2) is 5.96 Å². The summed E-state index contributed by atoms with van der Waals surface area (Å²) in [5, 5.41) is 7.25. The van der Waals surface area contributed by atoms with Crippen molar-refractivity contribution in [3.05, 3.63) is 35.4 Å². The summed E-state index contributed by atoms with van der Waals surface area (Å²) < 4.78 is 0. The van der Waals surface area contributed by atoms with E-state index in [2.05, 4.69) is 61.5 Å². The Kier molecular flexibility index (Phi) is 6.50. The lowest BCUT2D eigenvalue weighted by Gasteiger charge is -2.47. The van der Waals surface area contributed by atoms with Crippen LogP contribution in [0, 0.1) is 6.92 Å². The van der Waals surface area contributed by atoms with Gasteiger partial charge in [-0.25, -0.2) is 0 Å². The van der Waals surface area contributed by atoms with Gasteiger partial charge in [0.1, 0.15) is 0 Å². The van der Waals surface area contributed by atoms with Crippen LogP contribution in [0.25, 0.3) is 0 Å². The number of benzene rings is 1. The number of hydrogen-bond acceptors (Lipinski definition) is 4. The smallest absolute Gasteiger partial charge is 0.191 e. The average molecular weight is 385 g/mol. The van der Waals surface area contributed by atoms with E-state index in [4.69, 9.17) is 0 Å². The molecule has 0 spiro atoms. The Morgan fingerprint density at radius 3 is 2.46 bits per heavy atom. The number of aryl methyl sites for hydroxylation is 1. The average Bonchev–Trinajstić information content (AvgIpc) is 2.75. The molecule has 0 saturated carbocycles. The highest BCUT2D eigenvalue weighted by atomic mass is 15.4. The van der Waals surface area contributed by atoms with Crippen LogP contribution < -0.4 is 10.6 Å². The van der Waals surface area contributed by atoms with Crippen LogP contribution in [0.2, 0.25) is 0 Å². The molecule has 4 saturated heterocycles. The van der Waals surface area contributed by atoms with Crippen molar-refractivity contribution in [1.82, 2.24) is 25.3 Å². The fourth-order valence-corrected chi connectivity index (χ4v) is 4.78. The topological polar surface area (TPSA) is 46.1 Å². The first-order valence-electron chi connectivity index (χ1n) is 10.9. The van der Waals surface area contributed by atoms with Crippen LogP contribution in [0.3, 0.4) is 0 Å². The first-order chi connectivity index (χ1) is 13.7. The molecule has 2 bridgehead atoms. The van der Waals surface area contributed by atoms with Gasteiger partial charge >= 0.3 is 0 Å². The van der Waals surface area contributed by atoms with Gasteiger partial charge in [-0.2, -0.15) is 0 Å². The minimum absolute atomic E-state index is 0.520. The van der Waals surface area contributed by atoms with E-state index in [0.717, 1.165) is 32.1 Å². The molecule has 1 unspecified atom stereocenters. The zero-order chi connectivity index (χ0) is 19.3. The maximum Gasteiger partial charge on any atom is 0.191 e. The molecule has 154 valence electrons. The van der Waals surface area contributed by atoms with Gasteiger partial charge in [0.2, 0.25) is 0 Å². The monoisotopic (exact) mass is 384 g/mol. The van der Waals surface area contributed by atoms with Crippen molar-refractivity contribution in [3.63, 3.8) is 0 Å². The van der Waals surface area contributed by atoms with Crippen molar-refractivity contribution >= 4 is 5.96 Å². The summed E-state index contributed by atoms with van der Waals surface area (Å²) in [5.74, 6) is 0.968. The van der Waals surface area contributed by atoms with Crippen molar-refractivity contribution < 1.29 is 0 Å². The fourth-order valence-electron chi connectivity index (χ4n) is 4.78. The van der Waals surface area contributed by atoms with E-state index in [1.165, 1.54) is 56.7 Å². The Morgan fingerprint density at radius 2 is 1.82 bits per heavy atom. The van der Waals surface area contributed by atoms with Gasteiger partial charge < -0.3 is 10.6 Å². The molecular weight excluding hydrogens is 348 g/mol. The standard InChI is InChI=1S/C22H36N6/c1-18-5-3-4-6-19(18)16-26-9-7-20(8-10-26)25-22(23-2)24-15-21-17-27-11-13-28(21)14-12-27/h3-6,20-21H,7-17H2,1-2H3,(H2,23,24,25). The number of piperidine rings is 1. The molecule has 4 aliphatic heterocycles. The molecule has 2 N–H and O–H groups in total. The molecule has 1 atom stereocenters. The first kappa shape index (κ1) is 19.7. The second-order valence-corrected chi connectivity index (χ2v) is 8.56. The number of fused-ring (bicyclic) bond motifs is 3. The number of rotatable bonds is 5. The van der Waals surface area contributed by atoms with Gasteiger partial charge in [-0.15, -0.1) is 0 Å². The summed E-state index contributed by atoms with van der Waals surface area (Å²) in [6.45, 7) is 12.7. The van der Waals surface area contributed by atoms with Crippen LogP contribution in [-0.4, -0.2) is 92.1 Å². The Bertz CT molecular complexity index is 659. The van der Waals surface area contributed by atoms with Crippen LogP contribution in [0.5, 0.6) is 0 Å². The van der Waals surface area contributed by atoms with E-state index >= 15 is 0 Å². The van der Waals surface area contributed by atoms with E-state index in [1.54, 1.807) is 0 Å². The molecule has 0 aromatic heterocycles. The molecule has 28 heavy (non-hydrogen) atoms. The number of likely N-dealkylation sites (tertiary alicyclic amines) is 1. The van der Waals surface area contributed by atoms with Crippen LogP contribution >= 0.6 is 0 Å². The predicted molar refractivity (Wildman–Crippen MR) is 116 cm³/mol. The highest BCUT2D eigenvalue weighted by molar-refractivity contribution is 5.80. The van der Waals surface area contributed by atoms with Crippen LogP contribution in [0.1, 0.15) is 24.0 Å². The summed E-state index contributed by atoms with van der Waals surface area (Å²) in [7, 11) is 1.89. The lowest BCUT2D eigenvalue weighted by atomic mass is 10.0. The molecule has 4 aliphatic rings. The molecular formula is C22H36N6. The van der Waals surface area contributed by atoms with Gasteiger partial charge in [-0.1, -0.05) is 24.3 Å². The first-order valence-corrected chi connectivity index (χ1v) is 10.9. The van der Waals surface area contributed by atoms with Crippen molar-refractivity contribution in [2.24, 2.45) is 4.99 Å². The number of hydrogen-bond donors (Lipinski definition) is 2. The Hall–Kier alpha value is -1.63. The highest BCUT2D eigenvalue weighted by Crippen LogP contribution is 2.17. The largest absolute Gasteiger partial charge is 0.355 e. The van der Waals surface area contributed by atoms with Gasteiger partial charge in [-0.05, 0) is 30.9 Å². The summed E-state index contributed by atoms with van der Waals surface area (Å²) in [4.78, 5) is 12.3. The molecule has 0 aliphatic carbocycles. The second-order valence-electron chi connectivity index (χ2n) is 8.56. The maximum absolute atomic E-state index is 4.48. The SMILES string of the molecule is CN=C(NCC1CN2CCN1CC2)NC1CCN(Cc2ccccc2C)CC1. The lowest BCUT2D eigenvalue weighted by molar-refractivity contribution is 0.0154. The van der Waals surface area contributed by atoms with Gasteiger partial charge in [-0.3, -0.25) is 19.7 Å². The molecule has 6 nitrogen and oxygen atoms in total. The summed E-state index contributed by atoms with van der Waals surface area (Å²) in [6.07, 6.45) is 2.35. The van der Waals surface area contributed by atoms with E-state index in [9.17, 15) is 0 Å². The fraction of sp³-hybridized carbons (Fsp3) is 0.682. The molecule has 1 aromatic carbocycles. The van der Waals surface area contributed by atoms with Crippen LogP contribution in [0.15, 0.2) is 29.3 Å². The summed E-state index contributed by atoms with van der Waals surface area (Å²) in [5.41, 5.74) is 2.86. The quantitative estimate of drug-likeness (QED) is 0.589. The second kappa shape index (κ2) is 9.25. The zero-order valence-electron chi connectivity index (χ0n) is 17.5. The van der Waals surface area contributed by atoms with Gasteiger partial charge in [0, 0.05) is 78.0 Å². The molecule has 1 aromatic rings.